The summed E-state index contributed by atoms with van der Waals surface area (Å²) in [6.07, 6.45) is 6.48. The molecule has 2 aliphatic heterocycles. The fraction of sp³-hybridized carbons (Fsp3) is 1.00. The van der Waals surface area contributed by atoms with Crippen LogP contribution < -0.4 is 5.32 Å². The van der Waals surface area contributed by atoms with Crippen molar-refractivity contribution in [1.82, 2.24) is 5.32 Å². The highest BCUT2D eigenvalue weighted by atomic mass is 16.5. The van der Waals surface area contributed by atoms with Crippen LogP contribution in [0, 0.1) is 0 Å². The second kappa shape index (κ2) is 3.11. The minimum Gasteiger partial charge on any atom is -0.374 e. The Morgan fingerprint density at radius 3 is 2.64 bits per heavy atom. The molecule has 2 nitrogen and oxygen atoms in total. The molecule has 1 atom stereocenters. The summed E-state index contributed by atoms with van der Waals surface area (Å²) in [4.78, 5) is 0. The highest BCUT2D eigenvalue weighted by molar-refractivity contribution is 4.88. The van der Waals surface area contributed by atoms with Gasteiger partial charge in [-0.15, -0.1) is 0 Å². The summed E-state index contributed by atoms with van der Waals surface area (Å²) in [5.41, 5.74) is 0.247. The summed E-state index contributed by atoms with van der Waals surface area (Å²) >= 11 is 0. The van der Waals surface area contributed by atoms with Crippen molar-refractivity contribution in [3.05, 3.63) is 0 Å². The summed E-state index contributed by atoms with van der Waals surface area (Å²) in [5.74, 6) is 0. The number of hydrogen-bond donors (Lipinski definition) is 1. The Balaban J connectivity index is 1.94. The lowest BCUT2D eigenvalue weighted by Gasteiger charge is -2.40. The van der Waals surface area contributed by atoms with Crippen molar-refractivity contribution >= 4 is 0 Å². The molecule has 0 amide bonds. The van der Waals surface area contributed by atoms with Gasteiger partial charge in [0, 0.05) is 13.2 Å². The molecular formula is C9H17NO. The van der Waals surface area contributed by atoms with Crippen LogP contribution in [-0.4, -0.2) is 25.3 Å². The van der Waals surface area contributed by atoms with Crippen LogP contribution in [0.15, 0.2) is 0 Å². The number of nitrogens with one attached hydrogen (secondary N) is 1. The van der Waals surface area contributed by atoms with Crippen molar-refractivity contribution in [2.24, 2.45) is 0 Å². The second-order valence-corrected chi connectivity index (χ2v) is 3.77. The van der Waals surface area contributed by atoms with E-state index in [0.29, 0.717) is 0 Å². The summed E-state index contributed by atoms with van der Waals surface area (Å²) < 4.78 is 5.84. The van der Waals surface area contributed by atoms with E-state index < -0.39 is 0 Å². The lowest BCUT2D eigenvalue weighted by molar-refractivity contribution is -0.0902. The van der Waals surface area contributed by atoms with Crippen LogP contribution in [0.25, 0.3) is 0 Å². The molecule has 2 heterocycles. The molecule has 0 unspecified atom stereocenters. The van der Waals surface area contributed by atoms with Gasteiger partial charge in [-0.25, -0.2) is 0 Å². The van der Waals surface area contributed by atoms with E-state index in [0.717, 1.165) is 13.2 Å². The van der Waals surface area contributed by atoms with E-state index in [1.165, 1.54) is 38.6 Å². The Morgan fingerprint density at radius 1 is 1.09 bits per heavy atom. The Morgan fingerprint density at radius 2 is 2.00 bits per heavy atom. The van der Waals surface area contributed by atoms with Crippen molar-refractivity contribution < 1.29 is 4.74 Å². The third kappa shape index (κ3) is 1.57. The summed E-state index contributed by atoms with van der Waals surface area (Å²) in [6.45, 7) is 3.26. The van der Waals surface area contributed by atoms with E-state index >= 15 is 0 Å². The maximum Gasteiger partial charge on any atom is 0.0806 e. The van der Waals surface area contributed by atoms with E-state index in [4.69, 9.17) is 4.74 Å². The molecular weight excluding hydrogens is 138 g/mol. The first-order valence-electron chi connectivity index (χ1n) is 4.76. The molecule has 0 aromatic rings. The van der Waals surface area contributed by atoms with Crippen LogP contribution in [0.5, 0.6) is 0 Å². The van der Waals surface area contributed by atoms with Crippen LogP contribution in [0.2, 0.25) is 0 Å². The highest BCUT2D eigenvalue weighted by Gasteiger charge is 2.34. The summed E-state index contributed by atoms with van der Waals surface area (Å²) in [7, 11) is 0. The van der Waals surface area contributed by atoms with Gasteiger partial charge in [-0.3, -0.25) is 0 Å². The molecule has 11 heavy (non-hydrogen) atoms. The van der Waals surface area contributed by atoms with Gasteiger partial charge in [0.2, 0.25) is 0 Å². The molecule has 2 aliphatic rings. The van der Waals surface area contributed by atoms with Gasteiger partial charge in [0.25, 0.3) is 0 Å². The SMILES string of the molecule is C1CC[C@@]2(CCCNC2)OC1. The molecule has 2 rings (SSSR count). The standard InChI is InChI=1S/C9H17NO/c1-2-7-11-9(4-1)5-3-6-10-8-9/h10H,1-8H2/t9-/m0/s1. The van der Waals surface area contributed by atoms with Crippen molar-refractivity contribution in [3.63, 3.8) is 0 Å². The van der Waals surface area contributed by atoms with Gasteiger partial charge in [-0.05, 0) is 38.6 Å². The molecule has 1 N–H and O–H groups in total. The van der Waals surface area contributed by atoms with Gasteiger partial charge < -0.3 is 10.1 Å². The van der Waals surface area contributed by atoms with Gasteiger partial charge in [0.15, 0.2) is 0 Å². The van der Waals surface area contributed by atoms with Gasteiger partial charge in [-0.1, -0.05) is 0 Å². The van der Waals surface area contributed by atoms with Crippen LogP contribution in [0.3, 0.4) is 0 Å². The van der Waals surface area contributed by atoms with Crippen molar-refractivity contribution in [2.75, 3.05) is 19.7 Å². The Hall–Kier alpha value is -0.0800. The lowest BCUT2D eigenvalue weighted by atomic mass is 9.87. The number of rotatable bonds is 0. The van der Waals surface area contributed by atoms with E-state index in [1.807, 2.05) is 0 Å². The fourth-order valence-electron chi connectivity index (χ4n) is 2.19. The van der Waals surface area contributed by atoms with Crippen molar-refractivity contribution in [3.8, 4) is 0 Å². The molecule has 2 heteroatoms. The number of ether oxygens (including phenoxy) is 1. The maximum absolute atomic E-state index is 5.84. The molecule has 1 spiro atoms. The molecule has 0 aromatic carbocycles. The third-order valence-corrected chi connectivity index (χ3v) is 2.87. The molecule has 0 bridgehead atoms. The molecule has 0 aliphatic carbocycles. The van der Waals surface area contributed by atoms with Crippen LogP contribution in [0.4, 0.5) is 0 Å². The molecule has 64 valence electrons. The average Bonchev–Trinajstić information content (AvgIpc) is 2.07. The Bertz CT molecular complexity index is 104. The van der Waals surface area contributed by atoms with Crippen molar-refractivity contribution in [1.29, 1.82) is 0 Å². The van der Waals surface area contributed by atoms with E-state index in [2.05, 4.69) is 5.32 Å². The molecule has 2 saturated heterocycles. The first-order valence-corrected chi connectivity index (χ1v) is 4.76. The predicted octanol–water partition coefficient (Wildman–Crippen LogP) is 1.31. The Kier molecular flexibility index (Phi) is 2.14. The van der Waals surface area contributed by atoms with E-state index in [-0.39, 0.29) is 5.60 Å². The van der Waals surface area contributed by atoms with Gasteiger partial charge in [-0.2, -0.15) is 0 Å². The van der Waals surface area contributed by atoms with E-state index in [9.17, 15) is 0 Å². The summed E-state index contributed by atoms with van der Waals surface area (Å²) in [6, 6.07) is 0. The zero-order chi connectivity index (χ0) is 7.57. The van der Waals surface area contributed by atoms with E-state index in [1.54, 1.807) is 0 Å². The minimum atomic E-state index is 0.247. The summed E-state index contributed by atoms with van der Waals surface area (Å²) in [5, 5.41) is 3.42. The Labute approximate surface area is 68.3 Å². The maximum atomic E-state index is 5.84. The monoisotopic (exact) mass is 155 g/mol. The zero-order valence-corrected chi connectivity index (χ0v) is 7.07. The molecule has 2 fully saturated rings. The zero-order valence-electron chi connectivity index (χ0n) is 7.07. The van der Waals surface area contributed by atoms with Gasteiger partial charge >= 0.3 is 0 Å². The predicted molar refractivity (Wildman–Crippen MR) is 44.6 cm³/mol. The normalized spacial score (nSPS) is 39.3. The highest BCUT2D eigenvalue weighted by Crippen LogP contribution is 2.30. The van der Waals surface area contributed by atoms with Crippen LogP contribution >= 0.6 is 0 Å². The number of hydrogen-bond acceptors (Lipinski definition) is 2. The van der Waals surface area contributed by atoms with Crippen LogP contribution in [0.1, 0.15) is 32.1 Å². The fourth-order valence-corrected chi connectivity index (χ4v) is 2.19. The van der Waals surface area contributed by atoms with Gasteiger partial charge in [0.05, 0.1) is 5.60 Å². The molecule has 0 aromatic heterocycles. The average molecular weight is 155 g/mol. The lowest BCUT2D eigenvalue weighted by Crippen LogP contribution is -2.49. The smallest absolute Gasteiger partial charge is 0.0806 e. The third-order valence-electron chi connectivity index (χ3n) is 2.87. The quantitative estimate of drug-likeness (QED) is 0.569. The van der Waals surface area contributed by atoms with Crippen molar-refractivity contribution in [2.45, 2.75) is 37.7 Å². The first-order chi connectivity index (χ1) is 5.41. The largest absolute Gasteiger partial charge is 0.374 e. The first kappa shape index (κ1) is 7.56. The topological polar surface area (TPSA) is 21.3 Å². The number of piperidine rings is 1. The van der Waals surface area contributed by atoms with Gasteiger partial charge in [0.1, 0.15) is 0 Å². The molecule has 0 radical (unpaired) electrons. The minimum absolute atomic E-state index is 0.247. The van der Waals surface area contributed by atoms with Crippen LogP contribution in [-0.2, 0) is 4.74 Å². The molecule has 0 saturated carbocycles. The second-order valence-electron chi connectivity index (χ2n) is 3.77.